The Labute approximate surface area is 204 Å². The van der Waals surface area contributed by atoms with E-state index in [4.69, 9.17) is 11.6 Å². The van der Waals surface area contributed by atoms with Crippen LogP contribution in [-0.4, -0.2) is 11.8 Å². The van der Waals surface area contributed by atoms with E-state index in [-0.39, 0.29) is 22.6 Å². The second kappa shape index (κ2) is 7.55. The highest BCUT2D eigenvalue weighted by Gasteiger charge is 2.58. The van der Waals surface area contributed by atoms with Crippen LogP contribution in [0.2, 0.25) is 5.02 Å². The molecule has 2 aromatic rings. The summed E-state index contributed by atoms with van der Waals surface area (Å²) < 4.78 is 14.1. The maximum absolute atomic E-state index is 14.1. The number of amides is 2. The zero-order chi connectivity index (χ0) is 23.8. The van der Waals surface area contributed by atoms with Crippen LogP contribution in [0.4, 0.5) is 10.1 Å². The van der Waals surface area contributed by atoms with Gasteiger partial charge in [-0.2, -0.15) is 0 Å². The van der Waals surface area contributed by atoms with Gasteiger partial charge in [-0.3, -0.25) is 9.59 Å². The first kappa shape index (κ1) is 22.1. The highest BCUT2D eigenvalue weighted by molar-refractivity contribution is 6.31. The van der Waals surface area contributed by atoms with Gasteiger partial charge in [0.2, 0.25) is 5.91 Å². The Morgan fingerprint density at radius 2 is 1.94 bits per heavy atom. The summed E-state index contributed by atoms with van der Waals surface area (Å²) in [5.74, 6) is 1.28. The fourth-order valence-corrected chi connectivity index (χ4v) is 8.34. The van der Waals surface area contributed by atoms with Gasteiger partial charge in [0.1, 0.15) is 5.82 Å². The average molecular weight is 481 g/mol. The summed E-state index contributed by atoms with van der Waals surface area (Å²) in [4.78, 5) is 26.8. The normalized spacial score (nSPS) is 35.6. The second-order valence-corrected chi connectivity index (χ2v) is 12.1. The Balaban J connectivity index is 1.38. The van der Waals surface area contributed by atoms with E-state index in [9.17, 15) is 14.0 Å². The minimum absolute atomic E-state index is 0.0645. The van der Waals surface area contributed by atoms with E-state index < -0.39 is 11.9 Å². The summed E-state index contributed by atoms with van der Waals surface area (Å²) in [5.41, 5.74) is 2.10. The van der Waals surface area contributed by atoms with Gasteiger partial charge in [-0.1, -0.05) is 31.5 Å². The number of carbonyl (C=O) groups excluding carboxylic acids is 2. The lowest BCUT2D eigenvalue weighted by molar-refractivity contribution is -0.131. The lowest BCUT2D eigenvalue weighted by Crippen LogP contribution is -2.44. The van der Waals surface area contributed by atoms with E-state index in [0.29, 0.717) is 39.2 Å². The van der Waals surface area contributed by atoms with Crippen molar-refractivity contribution >= 4 is 29.1 Å². The molecular weight excluding hydrogens is 451 g/mol. The topological polar surface area (TPSA) is 58.2 Å². The summed E-state index contributed by atoms with van der Waals surface area (Å²) in [6, 6.07) is 8.91. The Bertz CT molecular complexity index is 1210. The molecule has 178 valence electrons. The van der Waals surface area contributed by atoms with Gasteiger partial charge >= 0.3 is 0 Å². The number of benzene rings is 2. The van der Waals surface area contributed by atoms with Crippen molar-refractivity contribution in [3.63, 3.8) is 0 Å². The number of carbonyl (C=O) groups is 2. The molecule has 3 saturated carbocycles. The molecule has 1 heterocycles. The molecule has 6 atom stereocenters. The maximum atomic E-state index is 14.1. The largest absolute Gasteiger partial charge is 0.341 e. The van der Waals surface area contributed by atoms with Crippen molar-refractivity contribution in [2.45, 2.75) is 58.4 Å². The third-order valence-electron chi connectivity index (χ3n) is 8.95. The van der Waals surface area contributed by atoms with Crippen molar-refractivity contribution in [2.75, 3.05) is 5.32 Å². The molecule has 0 spiro atoms. The Morgan fingerprint density at radius 3 is 2.76 bits per heavy atom. The van der Waals surface area contributed by atoms with Crippen LogP contribution in [0.1, 0.15) is 79.9 Å². The number of fused-ring (bicyclic) bond motifs is 3. The summed E-state index contributed by atoms with van der Waals surface area (Å²) in [5, 5.41) is 6.56. The van der Waals surface area contributed by atoms with E-state index >= 15 is 0 Å². The van der Waals surface area contributed by atoms with Crippen molar-refractivity contribution in [3.8, 4) is 0 Å². The fraction of sp³-hybridized carbons (Fsp3) is 0.500. The van der Waals surface area contributed by atoms with E-state index in [1.807, 2.05) is 6.07 Å². The van der Waals surface area contributed by atoms with Gasteiger partial charge in [-0.15, -0.1) is 0 Å². The van der Waals surface area contributed by atoms with Crippen molar-refractivity contribution in [1.29, 1.82) is 0 Å². The molecule has 0 saturated heterocycles. The van der Waals surface area contributed by atoms with E-state index in [2.05, 4.69) is 24.5 Å². The van der Waals surface area contributed by atoms with Crippen molar-refractivity contribution in [1.82, 2.24) is 5.32 Å². The summed E-state index contributed by atoms with van der Waals surface area (Å²) in [6.45, 7) is 4.65. The standard InChI is InChI=1S/C28H30ClFN2O2/c1-15-8-16-11-27(2)12-17(16)13-28(10-15,14-27)26(34)31-22-5-3-4-19-23(22)24(32-25(19)33)20-9-18(30)6-7-21(20)29/h3-7,9,15-17,24H,8,10-14H2,1-2H3,(H,31,34)(H,32,33). The molecule has 6 unspecified atom stereocenters. The van der Waals surface area contributed by atoms with Crippen molar-refractivity contribution in [2.24, 2.45) is 28.6 Å². The number of halogens is 2. The van der Waals surface area contributed by atoms with E-state index in [0.717, 1.165) is 25.2 Å². The molecule has 0 radical (unpaired) electrons. The number of hydrogen-bond acceptors (Lipinski definition) is 2. The Hall–Kier alpha value is -2.40. The van der Waals surface area contributed by atoms with Crippen LogP contribution >= 0.6 is 11.6 Å². The van der Waals surface area contributed by atoms with Gasteiger partial charge in [0.05, 0.1) is 11.5 Å². The monoisotopic (exact) mass is 480 g/mol. The molecule has 3 fully saturated rings. The van der Waals surface area contributed by atoms with Crippen LogP contribution in [0.25, 0.3) is 0 Å². The molecule has 2 amide bonds. The Kier molecular flexibility index (Phi) is 4.90. The third kappa shape index (κ3) is 3.38. The molecule has 3 bridgehead atoms. The molecule has 4 nitrogen and oxygen atoms in total. The SMILES string of the molecule is CC1CC2CC3(C)CC2CC(C(=O)Nc2cccc4c2C(c2cc(F)ccc2Cl)NC4=O)(C1)C3. The lowest BCUT2D eigenvalue weighted by Gasteiger charge is -2.44. The minimum atomic E-state index is -0.614. The number of rotatable bonds is 3. The minimum Gasteiger partial charge on any atom is -0.341 e. The van der Waals surface area contributed by atoms with Crippen LogP contribution in [0.3, 0.4) is 0 Å². The van der Waals surface area contributed by atoms with Crippen molar-refractivity contribution < 1.29 is 14.0 Å². The predicted octanol–water partition coefficient (Wildman–Crippen LogP) is 6.49. The molecule has 34 heavy (non-hydrogen) atoms. The summed E-state index contributed by atoms with van der Waals surface area (Å²) >= 11 is 6.40. The molecule has 3 aliphatic carbocycles. The molecule has 2 aromatic carbocycles. The van der Waals surface area contributed by atoms with Crippen LogP contribution in [0.5, 0.6) is 0 Å². The van der Waals surface area contributed by atoms with Crippen LogP contribution in [0.15, 0.2) is 36.4 Å². The predicted molar refractivity (Wildman–Crippen MR) is 130 cm³/mol. The van der Waals surface area contributed by atoms with Gasteiger partial charge in [0.25, 0.3) is 5.91 Å². The molecule has 6 rings (SSSR count). The van der Waals surface area contributed by atoms with E-state index in [1.165, 1.54) is 37.5 Å². The molecule has 0 aromatic heterocycles. The van der Waals surface area contributed by atoms with Crippen LogP contribution in [-0.2, 0) is 4.79 Å². The second-order valence-electron chi connectivity index (χ2n) is 11.7. The van der Waals surface area contributed by atoms with Gasteiger partial charge in [-0.25, -0.2) is 4.39 Å². The Morgan fingerprint density at radius 1 is 1.15 bits per heavy atom. The highest BCUT2D eigenvalue weighted by Crippen LogP contribution is 2.65. The van der Waals surface area contributed by atoms with Crippen LogP contribution < -0.4 is 10.6 Å². The lowest BCUT2D eigenvalue weighted by atomic mass is 9.60. The number of hydrogen-bond donors (Lipinski definition) is 2. The first-order chi connectivity index (χ1) is 16.2. The number of nitrogens with one attached hydrogen (secondary N) is 2. The zero-order valence-corrected chi connectivity index (χ0v) is 20.3. The highest BCUT2D eigenvalue weighted by atomic mass is 35.5. The zero-order valence-electron chi connectivity index (χ0n) is 19.6. The molecule has 2 N–H and O–H groups in total. The summed E-state index contributed by atoms with van der Waals surface area (Å²) in [6.07, 6.45) is 6.47. The third-order valence-corrected chi connectivity index (χ3v) is 9.30. The smallest absolute Gasteiger partial charge is 0.252 e. The van der Waals surface area contributed by atoms with Crippen molar-refractivity contribution in [3.05, 3.63) is 63.9 Å². The maximum Gasteiger partial charge on any atom is 0.252 e. The molecule has 1 aliphatic heterocycles. The molecule has 6 heteroatoms. The summed E-state index contributed by atoms with van der Waals surface area (Å²) in [7, 11) is 0. The van der Waals surface area contributed by atoms with Gasteiger partial charge in [0.15, 0.2) is 0 Å². The van der Waals surface area contributed by atoms with Gasteiger partial charge < -0.3 is 10.6 Å². The molecular formula is C28H30ClFN2O2. The molecule has 4 aliphatic rings. The fourth-order valence-electron chi connectivity index (χ4n) is 8.11. The van der Waals surface area contributed by atoms with Crippen LogP contribution in [0, 0.1) is 34.4 Å². The van der Waals surface area contributed by atoms with Gasteiger partial charge in [0, 0.05) is 27.4 Å². The average Bonchev–Trinajstić information content (AvgIpc) is 3.19. The van der Waals surface area contributed by atoms with E-state index in [1.54, 1.807) is 12.1 Å². The van der Waals surface area contributed by atoms with Gasteiger partial charge in [-0.05, 0) is 92.0 Å². The quantitative estimate of drug-likeness (QED) is 0.527. The number of anilines is 1. The first-order valence-corrected chi connectivity index (χ1v) is 12.7. The first-order valence-electron chi connectivity index (χ1n) is 12.4.